The van der Waals surface area contributed by atoms with Crippen LogP contribution in [0.3, 0.4) is 0 Å². The van der Waals surface area contributed by atoms with Crippen LogP contribution in [-0.2, 0) is 65.7 Å². The number of pyridine rings is 4. The molecule has 0 atom stereocenters. The fourth-order valence-corrected chi connectivity index (χ4v) is 2.06. The van der Waals surface area contributed by atoms with Crippen molar-refractivity contribution in [1.29, 1.82) is 0 Å². The topological polar surface area (TPSA) is 448 Å². The summed E-state index contributed by atoms with van der Waals surface area (Å²) >= 11 is 0. The molecule has 0 spiro atoms. The first-order valence-electron chi connectivity index (χ1n) is 7.58. The molecule has 4 aromatic heterocycles. The van der Waals surface area contributed by atoms with Crippen molar-refractivity contribution in [3.05, 3.63) is 97.6 Å². The molecule has 4 rings (SSSR count). The molecule has 0 fully saturated rings. The van der Waals surface area contributed by atoms with Crippen LogP contribution in [0.2, 0.25) is 0 Å². The van der Waals surface area contributed by atoms with Gasteiger partial charge in [-0.2, -0.15) is 0 Å². The van der Waals surface area contributed by atoms with E-state index in [9.17, 15) is 0 Å². The molecule has 0 aromatic carbocycles. The van der Waals surface area contributed by atoms with Crippen molar-refractivity contribution in [1.82, 2.24) is 19.9 Å². The molecule has 0 bridgehead atoms. The second-order valence-corrected chi connectivity index (χ2v) is 4.86. The van der Waals surface area contributed by atoms with Gasteiger partial charge in [-0.25, -0.2) is 0 Å². The van der Waals surface area contributed by atoms with Gasteiger partial charge in [0.05, 0.1) is 22.8 Å². The normalized spacial score (nSPS) is 5.27. The first-order valence-corrected chi connectivity index (χ1v) is 7.58. The smallest absolute Gasteiger partial charge is 1.00 e. The number of hydrogen-bond acceptors (Lipinski definition) is 4. The summed E-state index contributed by atoms with van der Waals surface area (Å²) < 4.78 is 0. The van der Waals surface area contributed by atoms with Gasteiger partial charge in [-0.3, -0.25) is 19.9 Å². The van der Waals surface area contributed by atoms with Crippen LogP contribution in [0.1, 0.15) is 0 Å². The van der Waals surface area contributed by atoms with E-state index in [0.29, 0.717) is 0 Å². The Morgan fingerprint density at radius 2 is 0.386 bits per heavy atom. The first kappa shape index (κ1) is 120. The van der Waals surface area contributed by atoms with Crippen molar-refractivity contribution in [2.75, 3.05) is 0 Å². The molecule has 0 aliphatic heterocycles. The van der Waals surface area contributed by atoms with Crippen LogP contribution in [-0.4, -0.2) is 19.9 Å². The maximum absolute atomic E-state index is 4.19. The number of hydrogen-bond donors (Lipinski definition) is 0. The van der Waals surface area contributed by atoms with Gasteiger partial charge in [0.15, 0.2) is 0 Å². The zero-order valence-electron chi connectivity index (χ0n) is 22.8. The van der Waals surface area contributed by atoms with Crippen molar-refractivity contribution in [3.63, 3.8) is 0 Å². The van der Waals surface area contributed by atoms with Crippen molar-refractivity contribution >= 4 is 0 Å². The molecule has 0 radical (unpaired) electrons. The molecule has 4 heterocycles. The molecule has 276 valence electrons. The van der Waals surface area contributed by atoms with E-state index < -0.39 is 0 Å². The van der Waals surface area contributed by atoms with Crippen LogP contribution in [0, 0.1) is 75.5 Å². The zero-order valence-corrected chi connectivity index (χ0v) is 31.2. The maximum atomic E-state index is 4.19. The van der Waals surface area contributed by atoms with Crippen molar-refractivity contribution in [3.8, 4) is 22.8 Å². The Morgan fingerprint density at radius 3 is 0.477 bits per heavy atom. The van der Waals surface area contributed by atoms with Gasteiger partial charge in [-0.15, -0.1) is 0 Å². The van der Waals surface area contributed by atoms with Crippen LogP contribution in [0.15, 0.2) is 97.6 Å². The van der Waals surface area contributed by atoms with Crippen LogP contribution in [0.5, 0.6) is 0 Å². The Kier molecular flexibility index (Phi) is 203. The molecule has 0 saturated carbocycles. The monoisotopic (exact) mass is 1080 g/mol. The second kappa shape index (κ2) is 74.3. The predicted octanol–water partition coefficient (Wildman–Crippen LogP) is -24.8. The van der Waals surface area contributed by atoms with Gasteiger partial charge in [0.2, 0.25) is 0 Å². The van der Waals surface area contributed by atoms with Crippen molar-refractivity contribution in [2.24, 2.45) is 0 Å². The van der Waals surface area contributed by atoms with E-state index in [1.807, 2.05) is 72.8 Å². The van der Waals surface area contributed by atoms with Gasteiger partial charge >= 0.3 is 75.5 Å². The molecule has 24 heteroatoms. The molecule has 4 aromatic rings. The average Bonchev–Trinajstić information content (AvgIpc) is 2.71. The Hall–Kier alpha value is 0.379. The Bertz CT molecular complexity index is 755. The van der Waals surface area contributed by atoms with Crippen molar-refractivity contribution in [2.45, 2.75) is 0 Å². The number of halogens is 6. The quantitative estimate of drug-likeness (QED) is 0.139. The SMILES string of the molecule is [Cl-].[Cl-].[Cl-].[Cl-].[Cl-].[Cl-].[Ho+3].[Ho+3].[OH3+].[OH3+].[OH3+].[OH3+].[OH3+].[OH3+].[OH3+].[OH3+].[OH3+].[OH3+].[OH3+].[OH3+].c1ccc(-c2ccccn2)nc1.c1ccc(-c2ccccn2)nc1. The van der Waals surface area contributed by atoms with Gasteiger partial charge in [-0.1, -0.05) is 24.3 Å². The van der Waals surface area contributed by atoms with E-state index in [1.54, 1.807) is 24.8 Å². The molecule has 0 saturated heterocycles. The summed E-state index contributed by atoms with van der Waals surface area (Å²) in [6, 6.07) is 23.2. The molecule has 0 unspecified atom stereocenters. The summed E-state index contributed by atoms with van der Waals surface area (Å²) in [6.07, 6.45) is 7.07. The van der Waals surface area contributed by atoms with Crippen molar-refractivity contribution < 1.29 is 216 Å². The van der Waals surface area contributed by atoms with Crippen LogP contribution in [0.25, 0.3) is 22.8 Å². The van der Waals surface area contributed by atoms with E-state index in [1.165, 1.54) is 0 Å². The number of rotatable bonds is 2. The third kappa shape index (κ3) is 44.5. The largest absolute Gasteiger partial charge is 3.00 e. The second-order valence-electron chi connectivity index (χ2n) is 4.86. The summed E-state index contributed by atoms with van der Waals surface area (Å²) in [6.45, 7) is 0. The van der Waals surface area contributed by atoms with Gasteiger partial charge in [0.1, 0.15) is 0 Å². The van der Waals surface area contributed by atoms with Crippen LogP contribution in [0.4, 0.5) is 0 Å². The van der Waals surface area contributed by atoms with Crippen LogP contribution < -0.4 is 74.4 Å². The van der Waals surface area contributed by atoms with Crippen LogP contribution >= 0.6 is 0 Å². The molecule has 16 nitrogen and oxygen atoms in total. The average molecular weight is 1080 g/mol. The van der Waals surface area contributed by atoms with Gasteiger partial charge in [0, 0.05) is 24.8 Å². The summed E-state index contributed by atoms with van der Waals surface area (Å²) in [5.74, 6) is 0. The molecule has 0 aliphatic rings. The molecule has 0 amide bonds. The minimum Gasteiger partial charge on any atom is -1.00 e. The fourth-order valence-electron chi connectivity index (χ4n) is 2.06. The van der Waals surface area contributed by atoms with Gasteiger partial charge in [0.25, 0.3) is 0 Å². The summed E-state index contributed by atoms with van der Waals surface area (Å²) in [5, 5.41) is 0. The van der Waals surface area contributed by atoms with E-state index in [-0.39, 0.29) is 216 Å². The predicted molar refractivity (Wildman–Crippen MR) is 153 cm³/mol. The summed E-state index contributed by atoms with van der Waals surface area (Å²) in [7, 11) is 0. The molecule has 44 heavy (non-hydrogen) atoms. The fraction of sp³-hybridized carbons (Fsp3) is 0. The van der Waals surface area contributed by atoms with E-state index in [2.05, 4.69) is 19.9 Å². The number of aromatic nitrogens is 4. The number of nitrogens with zero attached hydrogens (tertiary/aromatic N) is 4. The van der Waals surface area contributed by atoms with E-state index >= 15 is 0 Å². The maximum Gasteiger partial charge on any atom is 3.00 e. The van der Waals surface area contributed by atoms with Gasteiger partial charge < -0.3 is 140 Å². The van der Waals surface area contributed by atoms with E-state index in [4.69, 9.17) is 0 Å². The summed E-state index contributed by atoms with van der Waals surface area (Å²) in [5.41, 5.74) is 3.66. The Labute approximate surface area is 351 Å². The standard InChI is InChI=1S/2C10H8N2.6ClH.2Ho.12H2O/c2*1-3-7-11-9(5-1)10-6-2-4-8-12-10;;;;;;;;;;;;;;;;;;;;/h2*1-8H;6*1H;;;12*1H2/q;;;;;;;;2*+3;;;;;;;;;;;;/p+6. The molecular formula is C20H52Cl6Ho2N4O12+12. The first-order chi connectivity index (χ1) is 11.9. The Morgan fingerprint density at radius 1 is 0.250 bits per heavy atom. The minimum atomic E-state index is 0. The van der Waals surface area contributed by atoms with E-state index in [0.717, 1.165) is 22.8 Å². The molecular weight excluding hydrogens is 1030 g/mol. The molecule has 36 N–H and O–H groups in total. The summed E-state index contributed by atoms with van der Waals surface area (Å²) in [4.78, 5) is 16.7. The Balaban J connectivity index is -0.0000000132. The van der Waals surface area contributed by atoms with Gasteiger partial charge in [-0.05, 0) is 48.5 Å². The minimum absolute atomic E-state index is 0. The zero-order chi connectivity index (χ0) is 16.5. The third-order valence-electron chi connectivity index (χ3n) is 3.18. The third-order valence-corrected chi connectivity index (χ3v) is 3.18. The molecule has 0 aliphatic carbocycles.